The number of carbonyl (C=O) groups is 2. The van der Waals surface area contributed by atoms with Crippen molar-refractivity contribution >= 4 is 27.7 Å². The average Bonchev–Trinajstić information content (AvgIpc) is 1.87. The summed E-state index contributed by atoms with van der Waals surface area (Å²) in [5.74, 6) is -0.922. The Hall–Kier alpha value is -0.640. The van der Waals surface area contributed by atoms with Crippen LogP contribution in [-0.2, 0) is 14.3 Å². The van der Waals surface area contributed by atoms with Gasteiger partial charge in [-0.3, -0.25) is 4.79 Å². The topological polar surface area (TPSA) is 43.4 Å². The van der Waals surface area contributed by atoms with Gasteiger partial charge in [0.25, 0.3) is 0 Å². The Bertz CT molecular complexity index is 164. The third-order valence-electron chi connectivity index (χ3n) is 0.763. The Morgan fingerprint density at radius 3 is 2.50 bits per heavy atom. The zero-order valence-electron chi connectivity index (χ0n) is 5.46. The summed E-state index contributed by atoms with van der Waals surface area (Å²) in [4.78, 5) is 20.2. The molecule has 0 aliphatic heterocycles. The second-order valence-corrected chi connectivity index (χ2v) is 2.49. The Balaban J connectivity index is 3.94. The van der Waals surface area contributed by atoms with Crippen molar-refractivity contribution in [2.45, 2.75) is 11.8 Å². The van der Waals surface area contributed by atoms with Crippen molar-refractivity contribution in [3.63, 3.8) is 0 Å². The van der Waals surface area contributed by atoms with Crippen molar-refractivity contribution in [1.82, 2.24) is 0 Å². The summed E-state index contributed by atoms with van der Waals surface area (Å²) in [5.41, 5.74) is 0. The normalized spacial score (nSPS) is 11.8. The largest absolute Gasteiger partial charge is 0.434 e. The maximum absolute atomic E-state index is 10.6. The molecule has 0 heterocycles. The minimum absolute atomic E-state index is 0.285. The summed E-state index contributed by atoms with van der Waals surface area (Å²) >= 11 is 2.84. The molecule has 0 saturated heterocycles. The van der Waals surface area contributed by atoms with Crippen LogP contribution in [0.4, 0.5) is 0 Å². The highest BCUT2D eigenvalue weighted by molar-refractivity contribution is 9.10. The summed E-state index contributed by atoms with van der Waals surface area (Å²) in [5, 5.41) is 0. The number of ketones is 1. The first-order chi connectivity index (χ1) is 4.59. The maximum Gasteiger partial charge on any atom is 0.332 e. The molecule has 10 heavy (non-hydrogen) atoms. The minimum Gasteiger partial charge on any atom is -0.434 e. The van der Waals surface area contributed by atoms with E-state index in [0.29, 0.717) is 0 Å². The molecular formula is C6H7BrO3. The van der Waals surface area contributed by atoms with E-state index in [4.69, 9.17) is 0 Å². The van der Waals surface area contributed by atoms with Gasteiger partial charge in [-0.25, -0.2) is 4.79 Å². The van der Waals surface area contributed by atoms with Crippen molar-refractivity contribution in [3.8, 4) is 0 Å². The highest BCUT2D eigenvalue weighted by Gasteiger charge is 2.19. The van der Waals surface area contributed by atoms with E-state index >= 15 is 0 Å². The average molecular weight is 207 g/mol. The zero-order valence-corrected chi connectivity index (χ0v) is 7.05. The number of carbonyl (C=O) groups excluding carboxylic acids is 2. The van der Waals surface area contributed by atoms with Gasteiger partial charge in [0.1, 0.15) is 0 Å². The van der Waals surface area contributed by atoms with Gasteiger partial charge in [0.2, 0.25) is 0 Å². The molecular weight excluding hydrogens is 200 g/mol. The van der Waals surface area contributed by atoms with Gasteiger partial charge in [0, 0.05) is 0 Å². The van der Waals surface area contributed by atoms with Gasteiger partial charge in [0.15, 0.2) is 10.6 Å². The summed E-state index contributed by atoms with van der Waals surface area (Å²) in [7, 11) is 0. The zero-order chi connectivity index (χ0) is 8.15. The van der Waals surface area contributed by atoms with E-state index in [-0.39, 0.29) is 5.78 Å². The van der Waals surface area contributed by atoms with E-state index in [0.717, 1.165) is 6.26 Å². The molecule has 1 unspecified atom stereocenters. The third-order valence-corrected chi connectivity index (χ3v) is 1.78. The molecule has 0 aromatic rings. The summed E-state index contributed by atoms with van der Waals surface area (Å²) in [6, 6.07) is 0. The fraction of sp³-hybridized carbons (Fsp3) is 0.333. The van der Waals surface area contributed by atoms with Crippen molar-refractivity contribution in [3.05, 3.63) is 12.8 Å². The smallest absolute Gasteiger partial charge is 0.332 e. The van der Waals surface area contributed by atoms with Gasteiger partial charge < -0.3 is 4.74 Å². The SMILES string of the molecule is C=COC(=O)C(Br)C(C)=O. The van der Waals surface area contributed by atoms with Gasteiger partial charge >= 0.3 is 5.97 Å². The van der Waals surface area contributed by atoms with Crippen LogP contribution in [0, 0.1) is 0 Å². The molecule has 0 amide bonds. The quantitative estimate of drug-likeness (QED) is 0.300. The number of Topliss-reactive ketones (excluding diaryl/α,β-unsaturated/α-hetero) is 1. The molecule has 0 aromatic carbocycles. The summed E-state index contributed by atoms with van der Waals surface area (Å²) in [6.45, 7) is 4.46. The second kappa shape index (κ2) is 4.22. The van der Waals surface area contributed by atoms with Crippen LogP contribution >= 0.6 is 15.9 Å². The predicted octanol–water partition coefficient (Wildman–Crippen LogP) is 1.03. The van der Waals surface area contributed by atoms with E-state index < -0.39 is 10.8 Å². The Morgan fingerprint density at radius 1 is 1.70 bits per heavy atom. The predicted molar refractivity (Wildman–Crippen MR) is 39.7 cm³/mol. The standard InChI is InChI=1S/C6H7BrO3/c1-3-10-6(9)5(7)4(2)8/h3,5H,1H2,2H3. The lowest BCUT2D eigenvalue weighted by atomic mass is 10.3. The number of esters is 1. The van der Waals surface area contributed by atoms with Crippen molar-refractivity contribution in [2.75, 3.05) is 0 Å². The van der Waals surface area contributed by atoms with Gasteiger partial charge in [-0.05, 0) is 6.92 Å². The van der Waals surface area contributed by atoms with Gasteiger partial charge in [-0.2, -0.15) is 0 Å². The molecule has 56 valence electrons. The lowest BCUT2D eigenvalue weighted by molar-refractivity contribution is -0.139. The molecule has 0 aliphatic carbocycles. The van der Waals surface area contributed by atoms with E-state index in [2.05, 4.69) is 27.2 Å². The molecule has 0 aromatic heterocycles. The van der Waals surface area contributed by atoms with Crippen molar-refractivity contribution in [2.24, 2.45) is 0 Å². The van der Waals surface area contributed by atoms with Crippen LogP contribution in [0.2, 0.25) is 0 Å². The Morgan fingerprint density at radius 2 is 2.20 bits per heavy atom. The highest BCUT2D eigenvalue weighted by atomic mass is 79.9. The molecule has 0 aliphatic rings. The number of rotatable bonds is 3. The van der Waals surface area contributed by atoms with Gasteiger partial charge in [-0.15, -0.1) is 0 Å². The summed E-state index contributed by atoms with van der Waals surface area (Å²) in [6.07, 6.45) is 0.986. The van der Waals surface area contributed by atoms with Crippen LogP contribution in [0.3, 0.4) is 0 Å². The summed E-state index contributed by atoms with van der Waals surface area (Å²) < 4.78 is 4.32. The van der Waals surface area contributed by atoms with Gasteiger partial charge in [0.05, 0.1) is 6.26 Å². The number of hydrogen-bond donors (Lipinski definition) is 0. The molecule has 1 atom stereocenters. The Kier molecular flexibility index (Phi) is 3.95. The van der Waals surface area contributed by atoms with Crippen molar-refractivity contribution in [1.29, 1.82) is 0 Å². The van der Waals surface area contributed by atoms with Crippen LogP contribution in [0.5, 0.6) is 0 Å². The van der Waals surface area contributed by atoms with E-state index in [9.17, 15) is 9.59 Å². The van der Waals surface area contributed by atoms with Crippen LogP contribution in [-0.4, -0.2) is 16.6 Å². The van der Waals surface area contributed by atoms with Gasteiger partial charge in [-0.1, -0.05) is 22.5 Å². The van der Waals surface area contributed by atoms with Crippen LogP contribution in [0.25, 0.3) is 0 Å². The first-order valence-corrected chi connectivity index (χ1v) is 3.47. The first-order valence-electron chi connectivity index (χ1n) is 2.55. The van der Waals surface area contributed by atoms with Crippen LogP contribution in [0.1, 0.15) is 6.92 Å². The lowest BCUT2D eigenvalue weighted by Gasteiger charge is -2.00. The first kappa shape index (κ1) is 9.36. The van der Waals surface area contributed by atoms with E-state index in [1.807, 2.05) is 0 Å². The molecule has 0 fully saturated rings. The number of alkyl halides is 1. The monoisotopic (exact) mass is 206 g/mol. The molecule has 0 bridgehead atoms. The fourth-order valence-corrected chi connectivity index (χ4v) is 0.416. The maximum atomic E-state index is 10.6. The van der Waals surface area contributed by atoms with E-state index in [1.165, 1.54) is 6.92 Å². The highest BCUT2D eigenvalue weighted by Crippen LogP contribution is 2.02. The minimum atomic E-state index is -0.870. The van der Waals surface area contributed by atoms with E-state index in [1.54, 1.807) is 0 Å². The molecule has 0 rings (SSSR count). The Labute approximate surface area is 67.2 Å². The van der Waals surface area contributed by atoms with Crippen molar-refractivity contribution < 1.29 is 14.3 Å². The van der Waals surface area contributed by atoms with Crippen LogP contribution in [0.15, 0.2) is 12.8 Å². The molecule has 0 spiro atoms. The number of hydrogen-bond acceptors (Lipinski definition) is 3. The number of halogens is 1. The number of ether oxygens (including phenoxy) is 1. The van der Waals surface area contributed by atoms with Crippen LogP contribution < -0.4 is 0 Å². The molecule has 0 radical (unpaired) electrons. The molecule has 4 heteroatoms. The fourth-order valence-electron chi connectivity index (χ4n) is 0.308. The molecule has 0 saturated carbocycles. The third kappa shape index (κ3) is 2.77. The molecule has 0 N–H and O–H groups in total. The molecule has 3 nitrogen and oxygen atoms in total. The lowest BCUT2D eigenvalue weighted by Crippen LogP contribution is -2.22. The second-order valence-electron chi connectivity index (χ2n) is 1.58.